The summed E-state index contributed by atoms with van der Waals surface area (Å²) < 4.78 is 27.5. The van der Waals surface area contributed by atoms with E-state index in [1.54, 1.807) is 12.3 Å². The Morgan fingerprint density at radius 1 is 1.50 bits per heavy atom. The molecule has 1 aromatic rings. The van der Waals surface area contributed by atoms with Crippen LogP contribution >= 0.6 is 0 Å². The lowest BCUT2D eigenvalue weighted by Gasteiger charge is -2.20. The van der Waals surface area contributed by atoms with Gasteiger partial charge >= 0.3 is 0 Å². The maximum Gasteiger partial charge on any atom is 0.244 e. The number of rotatable bonds is 6. The Morgan fingerprint density at radius 3 is 2.95 bits per heavy atom. The van der Waals surface area contributed by atoms with E-state index in [-0.39, 0.29) is 10.9 Å². The highest BCUT2D eigenvalue weighted by molar-refractivity contribution is 7.89. The van der Waals surface area contributed by atoms with Gasteiger partial charge < -0.3 is 10.2 Å². The number of hydrogen-bond donors (Lipinski definition) is 2. The molecule has 0 aliphatic carbocycles. The molecular weight excluding hydrogens is 276 g/mol. The third-order valence-electron chi connectivity index (χ3n) is 3.62. The summed E-state index contributed by atoms with van der Waals surface area (Å²) in [5.74, 6) is 0. The minimum atomic E-state index is -3.53. The maximum atomic E-state index is 12.4. The van der Waals surface area contributed by atoms with E-state index in [9.17, 15) is 8.42 Å². The average molecular weight is 298 g/mol. The summed E-state index contributed by atoms with van der Waals surface area (Å²) in [4.78, 5) is 6.32. The molecule has 1 atom stereocenters. The molecule has 1 unspecified atom stereocenters. The van der Waals surface area contributed by atoms with Crippen LogP contribution in [0, 0.1) is 0 Å². The lowest BCUT2D eigenvalue weighted by Crippen LogP contribution is -2.38. The van der Waals surface area contributed by atoms with E-state index in [0.717, 1.165) is 19.4 Å². The Bertz CT molecular complexity index is 547. The van der Waals surface area contributed by atoms with Crippen LogP contribution in [0.4, 0.5) is 5.69 Å². The molecule has 2 heterocycles. The van der Waals surface area contributed by atoms with Crippen molar-refractivity contribution in [2.24, 2.45) is 0 Å². The van der Waals surface area contributed by atoms with Gasteiger partial charge in [0.1, 0.15) is 4.90 Å². The van der Waals surface area contributed by atoms with Crippen molar-refractivity contribution in [3.8, 4) is 0 Å². The number of anilines is 1. The molecule has 1 aromatic heterocycles. The third-order valence-corrected chi connectivity index (χ3v) is 5.07. The van der Waals surface area contributed by atoms with Crippen molar-refractivity contribution in [3.63, 3.8) is 0 Å². The first kappa shape index (κ1) is 15.2. The first-order chi connectivity index (χ1) is 9.54. The normalized spacial score (nSPS) is 20.2. The van der Waals surface area contributed by atoms with E-state index in [1.165, 1.54) is 6.20 Å². The third kappa shape index (κ3) is 3.47. The molecule has 0 bridgehead atoms. The number of hydrogen-bond acceptors (Lipinski definition) is 5. The van der Waals surface area contributed by atoms with Crippen molar-refractivity contribution < 1.29 is 8.42 Å². The van der Waals surface area contributed by atoms with Gasteiger partial charge in [-0.15, -0.1) is 0 Å². The van der Waals surface area contributed by atoms with Crippen LogP contribution in [0.1, 0.15) is 19.8 Å². The predicted octanol–water partition coefficient (Wildman–Crippen LogP) is 0.886. The van der Waals surface area contributed by atoms with Crippen LogP contribution in [0.3, 0.4) is 0 Å². The fourth-order valence-corrected chi connectivity index (χ4v) is 3.65. The fourth-order valence-electron chi connectivity index (χ4n) is 2.45. The second-order valence-corrected chi connectivity index (χ2v) is 6.77. The molecule has 1 fully saturated rings. The van der Waals surface area contributed by atoms with Gasteiger partial charge in [-0.3, -0.25) is 4.98 Å². The zero-order valence-corrected chi connectivity index (χ0v) is 12.8. The number of likely N-dealkylation sites (N-methyl/N-ethyl adjacent to an activating group) is 1. The van der Waals surface area contributed by atoms with Gasteiger partial charge in [-0.05, 0) is 39.4 Å². The first-order valence-electron chi connectivity index (χ1n) is 6.92. The molecule has 2 rings (SSSR count). The molecule has 1 saturated heterocycles. The van der Waals surface area contributed by atoms with Gasteiger partial charge in [0.15, 0.2) is 0 Å². The number of sulfonamides is 1. The monoisotopic (exact) mass is 298 g/mol. The standard InChI is InChI=1S/C13H22N4O2S/c1-3-15-12-6-7-14-10-13(12)20(18,19)16-9-11-5-4-8-17(11)2/h6-7,10-11,16H,3-5,8-9H2,1-2H3,(H,14,15). The molecular formula is C13H22N4O2S. The zero-order valence-electron chi connectivity index (χ0n) is 12.0. The highest BCUT2D eigenvalue weighted by Crippen LogP contribution is 2.20. The molecule has 1 aliphatic rings. The van der Waals surface area contributed by atoms with Crippen molar-refractivity contribution in [1.29, 1.82) is 0 Å². The van der Waals surface area contributed by atoms with Gasteiger partial charge in [0.25, 0.3) is 0 Å². The molecule has 6 nitrogen and oxygen atoms in total. The van der Waals surface area contributed by atoms with E-state index >= 15 is 0 Å². The molecule has 112 valence electrons. The van der Waals surface area contributed by atoms with Crippen LogP contribution in [-0.4, -0.2) is 51.0 Å². The number of nitrogens with zero attached hydrogens (tertiary/aromatic N) is 2. The molecule has 2 N–H and O–H groups in total. The van der Waals surface area contributed by atoms with Gasteiger partial charge in [0.2, 0.25) is 10.0 Å². The van der Waals surface area contributed by atoms with Gasteiger partial charge in [-0.2, -0.15) is 0 Å². The van der Waals surface area contributed by atoms with Crippen molar-refractivity contribution in [3.05, 3.63) is 18.5 Å². The SMILES string of the molecule is CCNc1ccncc1S(=O)(=O)NCC1CCCN1C. The Hall–Kier alpha value is -1.18. The summed E-state index contributed by atoms with van der Waals surface area (Å²) >= 11 is 0. The summed E-state index contributed by atoms with van der Waals surface area (Å²) in [5, 5.41) is 3.05. The van der Waals surface area contributed by atoms with Crippen molar-refractivity contribution >= 4 is 15.7 Å². The minimum Gasteiger partial charge on any atom is -0.384 e. The second-order valence-electron chi connectivity index (χ2n) is 5.03. The Morgan fingerprint density at radius 2 is 2.30 bits per heavy atom. The van der Waals surface area contributed by atoms with Crippen molar-refractivity contribution in [1.82, 2.24) is 14.6 Å². The summed E-state index contributed by atoms with van der Waals surface area (Å²) in [7, 11) is -1.50. The van der Waals surface area contributed by atoms with Crippen molar-refractivity contribution in [2.75, 3.05) is 32.0 Å². The molecule has 0 saturated carbocycles. The molecule has 7 heteroatoms. The van der Waals surface area contributed by atoms with E-state index in [4.69, 9.17) is 0 Å². The Labute approximate surface area is 120 Å². The molecule has 20 heavy (non-hydrogen) atoms. The van der Waals surface area contributed by atoms with Crippen LogP contribution in [-0.2, 0) is 10.0 Å². The van der Waals surface area contributed by atoms with Crippen LogP contribution in [0.25, 0.3) is 0 Å². The largest absolute Gasteiger partial charge is 0.384 e. The number of likely N-dealkylation sites (tertiary alicyclic amines) is 1. The maximum absolute atomic E-state index is 12.4. The lowest BCUT2D eigenvalue weighted by atomic mass is 10.2. The number of pyridine rings is 1. The van der Waals surface area contributed by atoms with Crippen molar-refractivity contribution in [2.45, 2.75) is 30.7 Å². The van der Waals surface area contributed by atoms with Crippen LogP contribution in [0.15, 0.2) is 23.4 Å². The highest BCUT2D eigenvalue weighted by atomic mass is 32.2. The van der Waals surface area contributed by atoms with Crippen LogP contribution in [0.2, 0.25) is 0 Å². The quantitative estimate of drug-likeness (QED) is 0.816. The molecule has 0 spiro atoms. The first-order valence-corrected chi connectivity index (χ1v) is 8.40. The van der Waals surface area contributed by atoms with E-state index in [1.807, 2.05) is 14.0 Å². The highest BCUT2D eigenvalue weighted by Gasteiger charge is 2.24. The lowest BCUT2D eigenvalue weighted by molar-refractivity contribution is 0.311. The van der Waals surface area contributed by atoms with Gasteiger partial charge in [0.05, 0.1) is 5.69 Å². The molecule has 1 aliphatic heterocycles. The number of aromatic nitrogens is 1. The van der Waals surface area contributed by atoms with Crippen LogP contribution in [0.5, 0.6) is 0 Å². The van der Waals surface area contributed by atoms with E-state index in [2.05, 4.69) is 19.9 Å². The van der Waals surface area contributed by atoms with Gasteiger partial charge in [-0.1, -0.05) is 0 Å². The summed E-state index contributed by atoms with van der Waals surface area (Å²) in [5.41, 5.74) is 0.592. The average Bonchev–Trinajstić information content (AvgIpc) is 2.83. The van der Waals surface area contributed by atoms with E-state index in [0.29, 0.717) is 18.8 Å². The summed E-state index contributed by atoms with van der Waals surface area (Å²) in [6.07, 6.45) is 5.13. The van der Waals surface area contributed by atoms with Gasteiger partial charge in [-0.25, -0.2) is 13.1 Å². The van der Waals surface area contributed by atoms with E-state index < -0.39 is 10.0 Å². The van der Waals surface area contributed by atoms with Crippen LogP contribution < -0.4 is 10.0 Å². The molecule has 0 amide bonds. The van der Waals surface area contributed by atoms with Gasteiger partial charge in [0, 0.05) is 31.5 Å². The second kappa shape index (κ2) is 6.51. The zero-order chi connectivity index (χ0) is 14.6. The molecule has 0 radical (unpaired) electrons. The minimum absolute atomic E-state index is 0.211. The summed E-state index contributed by atoms with van der Waals surface area (Å²) in [6, 6.07) is 1.96. The Balaban J connectivity index is 2.10. The smallest absolute Gasteiger partial charge is 0.244 e. The molecule has 0 aromatic carbocycles. The topological polar surface area (TPSA) is 74.3 Å². The number of nitrogens with one attached hydrogen (secondary N) is 2. The summed E-state index contributed by atoms with van der Waals surface area (Å²) in [6.45, 7) is 4.07. The fraction of sp³-hybridized carbons (Fsp3) is 0.615. The predicted molar refractivity (Wildman–Crippen MR) is 79.2 cm³/mol. The Kier molecular flexibility index (Phi) is 4.95.